The number of halogens is 1. The molecule has 1 atom stereocenters. The van der Waals surface area contributed by atoms with E-state index in [0.29, 0.717) is 5.02 Å². The third kappa shape index (κ3) is 3.46. The van der Waals surface area contributed by atoms with Crippen LogP contribution in [0, 0.1) is 0 Å². The van der Waals surface area contributed by atoms with Crippen LogP contribution in [-0.2, 0) is 0 Å². The van der Waals surface area contributed by atoms with Crippen molar-refractivity contribution in [3.63, 3.8) is 0 Å². The molecule has 1 heterocycles. The molecule has 2 rings (SSSR count). The molecule has 0 aliphatic rings. The zero-order valence-electron chi connectivity index (χ0n) is 11.1. The monoisotopic (exact) mass is 276 g/mol. The Bertz CT molecular complexity index is 511. The number of pyridine rings is 1. The molecule has 0 amide bonds. The van der Waals surface area contributed by atoms with Crippen LogP contribution in [0.3, 0.4) is 0 Å². The third-order valence-electron chi connectivity index (χ3n) is 2.90. The molecule has 0 bridgehead atoms. The van der Waals surface area contributed by atoms with E-state index in [0.717, 1.165) is 23.6 Å². The summed E-state index contributed by atoms with van der Waals surface area (Å²) in [5.41, 5.74) is 2.11. The highest BCUT2D eigenvalue weighted by molar-refractivity contribution is 6.30. The average molecular weight is 277 g/mol. The molecule has 1 unspecified atom stereocenters. The van der Waals surface area contributed by atoms with Crippen molar-refractivity contribution in [2.45, 2.75) is 13.0 Å². The van der Waals surface area contributed by atoms with E-state index < -0.39 is 0 Å². The van der Waals surface area contributed by atoms with Gasteiger partial charge in [-0.15, -0.1) is 0 Å². The van der Waals surface area contributed by atoms with Crippen molar-refractivity contribution in [2.75, 3.05) is 13.7 Å². The lowest BCUT2D eigenvalue weighted by Gasteiger charge is -2.18. The van der Waals surface area contributed by atoms with Crippen molar-refractivity contribution in [3.8, 4) is 5.75 Å². The molecule has 1 N–H and O–H groups in total. The topological polar surface area (TPSA) is 34.1 Å². The first-order valence-corrected chi connectivity index (χ1v) is 6.61. The number of nitrogens with one attached hydrogen (secondary N) is 1. The SMILES string of the molecule is CCNC(c1ccc(OC)cc1)c1ccc(Cl)cn1. The molecule has 2 aromatic rings. The van der Waals surface area contributed by atoms with Gasteiger partial charge in [0.15, 0.2) is 0 Å². The summed E-state index contributed by atoms with van der Waals surface area (Å²) in [6.45, 7) is 2.94. The summed E-state index contributed by atoms with van der Waals surface area (Å²) in [4.78, 5) is 4.39. The lowest BCUT2D eigenvalue weighted by Crippen LogP contribution is -2.22. The molecule has 3 nitrogen and oxygen atoms in total. The molecule has 0 radical (unpaired) electrons. The molecule has 0 spiro atoms. The lowest BCUT2D eigenvalue weighted by atomic mass is 10.0. The number of aromatic nitrogens is 1. The lowest BCUT2D eigenvalue weighted by molar-refractivity contribution is 0.414. The van der Waals surface area contributed by atoms with Gasteiger partial charge in [-0.3, -0.25) is 4.98 Å². The second-order valence-corrected chi connectivity index (χ2v) is 4.60. The number of ether oxygens (including phenoxy) is 1. The van der Waals surface area contributed by atoms with Crippen molar-refractivity contribution >= 4 is 11.6 Å². The van der Waals surface area contributed by atoms with E-state index in [1.54, 1.807) is 13.3 Å². The molecule has 19 heavy (non-hydrogen) atoms. The van der Waals surface area contributed by atoms with Gasteiger partial charge in [0.25, 0.3) is 0 Å². The van der Waals surface area contributed by atoms with Gasteiger partial charge in [-0.25, -0.2) is 0 Å². The molecule has 4 heteroatoms. The zero-order valence-corrected chi connectivity index (χ0v) is 11.8. The number of hydrogen-bond donors (Lipinski definition) is 1. The summed E-state index contributed by atoms with van der Waals surface area (Å²) in [5.74, 6) is 0.850. The van der Waals surface area contributed by atoms with Crippen LogP contribution in [0.1, 0.15) is 24.2 Å². The van der Waals surface area contributed by atoms with E-state index in [4.69, 9.17) is 16.3 Å². The fourth-order valence-electron chi connectivity index (χ4n) is 1.95. The van der Waals surface area contributed by atoms with E-state index >= 15 is 0 Å². The van der Waals surface area contributed by atoms with Gasteiger partial charge in [0.2, 0.25) is 0 Å². The first-order valence-electron chi connectivity index (χ1n) is 6.23. The smallest absolute Gasteiger partial charge is 0.118 e. The molecule has 100 valence electrons. The summed E-state index contributed by atoms with van der Waals surface area (Å²) in [7, 11) is 1.66. The van der Waals surface area contributed by atoms with Crippen LogP contribution >= 0.6 is 11.6 Å². The third-order valence-corrected chi connectivity index (χ3v) is 3.13. The van der Waals surface area contributed by atoms with Gasteiger partial charge in [0.05, 0.1) is 23.9 Å². The maximum absolute atomic E-state index is 5.88. The van der Waals surface area contributed by atoms with Crippen LogP contribution in [0.4, 0.5) is 0 Å². The summed E-state index contributed by atoms with van der Waals surface area (Å²) in [6.07, 6.45) is 1.67. The standard InChI is InChI=1S/C15H17ClN2O/c1-3-17-15(14-9-6-12(16)10-18-14)11-4-7-13(19-2)8-5-11/h4-10,15,17H,3H2,1-2H3. The van der Waals surface area contributed by atoms with E-state index in [1.807, 2.05) is 36.4 Å². The molecular weight excluding hydrogens is 260 g/mol. The van der Waals surface area contributed by atoms with Gasteiger partial charge in [-0.1, -0.05) is 30.7 Å². The van der Waals surface area contributed by atoms with Gasteiger partial charge in [0, 0.05) is 6.20 Å². The Balaban J connectivity index is 2.30. The van der Waals surface area contributed by atoms with Crippen LogP contribution in [0.2, 0.25) is 5.02 Å². The first-order chi connectivity index (χ1) is 9.24. The van der Waals surface area contributed by atoms with Gasteiger partial charge in [-0.2, -0.15) is 0 Å². The predicted octanol–water partition coefficient (Wildman–Crippen LogP) is 3.44. The molecule has 0 aliphatic carbocycles. The molecule has 1 aromatic carbocycles. The Morgan fingerprint density at radius 2 is 1.95 bits per heavy atom. The number of rotatable bonds is 5. The van der Waals surface area contributed by atoms with Crippen molar-refractivity contribution in [1.29, 1.82) is 0 Å². The summed E-state index contributed by atoms with van der Waals surface area (Å²) in [6, 6.07) is 11.9. The highest BCUT2D eigenvalue weighted by atomic mass is 35.5. The van der Waals surface area contributed by atoms with Crippen LogP contribution in [0.5, 0.6) is 5.75 Å². The van der Waals surface area contributed by atoms with E-state index in [9.17, 15) is 0 Å². The highest BCUT2D eigenvalue weighted by Gasteiger charge is 2.14. The molecule has 0 aliphatic heterocycles. The summed E-state index contributed by atoms with van der Waals surface area (Å²) < 4.78 is 5.18. The Hall–Kier alpha value is -1.58. The molecule has 0 fully saturated rings. The predicted molar refractivity (Wildman–Crippen MR) is 77.8 cm³/mol. The van der Waals surface area contributed by atoms with Crippen LogP contribution in [0.25, 0.3) is 0 Å². The van der Waals surface area contributed by atoms with E-state index in [-0.39, 0.29) is 6.04 Å². The summed E-state index contributed by atoms with van der Waals surface area (Å²) in [5, 5.41) is 4.07. The van der Waals surface area contributed by atoms with Crippen molar-refractivity contribution in [2.24, 2.45) is 0 Å². The van der Waals surface area contributed by atoms with Crippen molar-refractivity contribution in [3.05, 3.63) is 58.9 Å². The van der Waals surface area contributed by atoms with Crippen molar-refractivity contribution < 1.29 is 4.74 Å². The van der Waals surface area contributed by atoms with Crippen molar-refractivity contribution in [1.82, 2.24) is 10.3 Å². The molecular formula is C15H17ClN2O. The minimum absolute atomic E-state index is 0.0631. The normalized spacial score (nSPS) is 12.2. The van der Waals surface area contributed by atoms with Crippen LogP contribution in [-0.4, -0.2) is 18.6 Å². The second kappa shape index (κ2) is 6.55. The number of hydrogen-bond acceptors (Lipinski definition) is 3. The largest absolute Gasteiger partial charge is 0.497 e. The fraction of sp³-hybridized carbons (Fsp3) is 0.267. The number of methoxy groups -OCH3 is 1. The first kappa shape index (κ1) is 13.8. The van der Waals surface area contributed by atoms with Gasteiger partial charge >= 0.3 is 0 Å². The van der Waals surface area contributed by atoms with Gasteiger partial charge in [-0.05, 0) is 36.4 Å². The minimum Gasteiger partial charge on any atom is -0.497 e. The Morgan fingerprint density at radius 1 is 1.21 bits per heavy atom. The quantitative estimate of drug-likeness (QED) is 0.908. The molecule has 1 aromatic heterocycles. The fourth-order valence-corrected chi connectivity index (χ4v) is 2.06. The van der Waals surface area contributed by atoms with E-state index in [1.165, 1.54) is 0 Å². The Morgan fingerprint density at radius 3 is 2.47 bits per heavy atom. The highest BCUT2D eigenvalue weighted by Crippen LogP contribution is 2.23. The molecule has 0 saturated heterocycles. The summed E-state index contributed by atoms with van der Waals surface area (Å²) >= 11 is 5.88. The zero-order chi connectivity index (χ0) is 13.7. The van der Waals surface area contributed by atoms with E-state index in [2.05, 4.69) is 17.2 Å². The number of nitrogens with zero attached hydrogens (tertiary/aromatic N) is 1. The number of benzene rings is 1. The van der Waals surface area contributed by atoms with Gasteiger partial charge in [0.1, 0.15) is 5.75 Å². The van der Waals surface area contributed by atoms with Crippen LogP contribution < -0.4 is 10.1 Å². The Kier molecular flexibility index (Phi) is 4.77. The maximum Gasteiger partial charge on any atom is 0.118 e. The Labute approximate surface area is 118 Å². The molecule has 0 saturated carbocycles. The van der Waals surface area contributed by atoms with Crippen LogP contribution in [0.15, 0.2) is 42.6 Å². The second-order valence-electron chi connectivity index (χ2n) is 4.17. The minimum atomic E-state index is 0.0631. The average Bonchev–Trinajstić information content (AvgIpc) is 2.46. The van der Waals surface area contributed by atoms with Gasteiger partial charge < -0.3 is 10.1 Å². The maximum atomic E-state index is 5.88.